The Morgan fingerprint density at radius 2 is 2.29 bits per heavy atom. The van der Waals surface area contributed by atoms with Crippen LogP contribution >= 0.6 is 0 Å². The van der Waals surface area contributed by atoms with E-state index in [4.69, 9.17) is 0 Å². The molecule has 0 bridgehead atoms. The van der Waals surface area contributed by atoms with Crippen molar-refractivity contribution in [1.29, 1.82) is 0 Å². The predicted molar refractivity (Wildman–Crippen MR) is 50.9 cm³/mol. The second kappa shape index (κ2) is 4.13. The normalized spacial score (nSPS) is 16.9. The lowest BCUT2D eigenvalue weighted by Gasteiger charge is -2.11. The first-order valence-corrected chi connectivity index (χ1v) is 4.81. The van der Waals surface area contributed by atoms with Crippen molar-refractivity contribution >= 4 is 11.7 Å². The average Bonchev–Trinajstić information content (AvgIpc) is 2.76. The Morgan fingerprint density at radius 3 is 2.93 bits per heavy atom. The summed E-state index contributed by atoms with van der Waals surface area (Å²) < 4.78 is 4.59. The fourth-order valence-electron chi connectivity index (χ4n) is 1.69. The molecule has 0 aromatic carbocycles. The SMILES string of the molecule is O=C(Nc1cnoc1)NC1CCCC1. The molecule has 5 heteroatoms. The molecule has 0 unspecified atom stereocenters. The number of anilines is 1. The van der Waals surface area contributed by atoms with Gasteiger partial charge in [-0.3, -0.25) is 0 Å². The molecule has 2 rings (SSSR count). The third kappa shape index (κ3) is 2.25. The number of hydrogen-bond donors (Lipinski definition) is 2. The maximum Gasteiger partial charge on any atom is 0.319 e. The highest BCUT2D eigenvalue weighted by Crippen LogP contribution is 2.17. The first kappa shape index (κ1) is 9.05. The monoisotopic (exact) mass is 195 g/mol. The van der Waals surface area contributed by atoms with Crippen LogP contribution in [0.4, 0.5) is 10.5 Å². The van der Waals surface area contributed by atoms with Gasteiger partial charge < -0.3 is 15.2 Å². The molecule has 14 heavy (non-hydrogen) atoms. The fraction of sp³-hybridized carbons (Fsp3) is 0.556. The van der Waals surface area contributed by atoms with Gasteiger partial charge in [0.15, 0.2) is 0 Å². The van der Waals surface area contributed by atoms with Crippen LogP contribution in [0.2, 0.25) is 0 Å². The van der Waals surface area contributed by atoms with Gasteiger partial charge >= 0.3 is 6.03 Å². The lowest BCUT2D eigenvalue weighted by molar-refractivity contribution is 0.248. The number of carbonyl (C=O) groups is 1. The van der Waals surface area contributed by atoms with E-state index in [1.54, 1.807) is 0 Å². The van der Waals surface area contributed by atoms with Crippen molar-refractivity contribution in [2.45, 2.75) is 31.7 Å². The number of nitrogens with one attached hydrogen (secondary N) is 2. The van der Waals surface area contributed by atoms with Crippen LogP contribution in [0, 0.1) is 0 Å². The molecule has 5 nitrogen and oxygen atoms in total. The highest BCUT2D eigenvalue weighted by Gasteiger charge is 2.16. The molecule has 0 aliphatic heterocycles. The van der Waals surface area contributed by atoms with Crippen molar-refractivity contribution in [3.8, 4) is 0 Å². The lowest BCUT2D eigenvalue weighted by Crippen LogP contribution is -2.36. The Bertz CT molecular complexity index is 291. The van der Waals surface area contributed by atoms with Crippen LogP contribution in [0.1, 0.15) is 25.7 Å². The molecule has 0 radical (unpaired) electrons. The smallest absolute Gasteiger partial charge is 0.319 e. The van der Waals surface area contributed by atoms with Gasteiger partial charge in [-0.25, -0.2) is 4.79 Å². The molecule has 0 spiro atoms. The van der Waals surface area contributed by atoms with Crippen LogP contribution in [0.25, 0.3) is 0 Å². The maximum atomic E-state index is 11.4. The van der Waals surface area contributed by atoms with Crippen LogP contribution < -0.4 is 10.6 Å². The Labute approximate surface area is 81.8 Å². The zero-order valence-electron chi connectivity index (χ0n) is 7.82. The molecule has 1 heterocycles. The van der Waals surface area contributed by atoms with E-state index in [0.717, 1.165) is 12.8 Å². The van der Waals surface area contributed by atoms with Crippen LogP contribution in [0.3, 0.4) is 0 Å². The molecule has 1 aromatic heterocycles. The van der Waals surface area contributed by atoms with E-state index in [1.807, 2.05) is 0 Å². The van der Waals surface area contributed by atoms with E-state index in [-0.39, 0.29) is 6.03 Å². The summed E-state index contributed by atoms with van der Waals surface area (Å²) in [5.41, 5.74) is 0.584. The van der Waals surface area contributed by atoms with Crippen molar-refractivity contribution in [1.82, 2.24) is 10.5 Å². The van der Waals surface area contributed by atoms with Gasteiger partial charge in [0.05, 0.1) is 6.20 Å². The Kier molecular flexibility index (Phi) is 2.67. The van der Waals surface area contributed by atoms with Crippen LogP contribution in [-0.2, 0) is 0 Å². The number of urea groups is 1. The van der Waals surface area contributed by atoms with Crippen LogP contribution in [-0.4, -0.2) is 17.2 Å². The number of hydrogen-bond acceptors (Lipinski definition) is 3. The highest BCUT2D eigenvalue weighted by molar-refractivity contribution is 5.88. The summed E-state index contributed by atoms with van der Waals surface area (Å²) in [5, 5.41) is 9.03. The second-order valence-corrected chi connectivity index (χ2v) is 3.49. The predicted octanol–water partition coefficient (Wildman–Crippen LogP) is 1.74. The molecule has 1 aliphatic rings. The molecule has 0 atom stereocenters. The minimum Gasteiger partial charge on any atom is -0.363 e. The van der Waals surface area contributed by atoms with Crippen LogP contribution in [0.5, 0.6) is 0 Å². The third-order valence-corrected chi connectivity index (χ3v) is 2.38. The van der Waals surface area contributed by atoms with Gasteiger partial charge in [-0.2, -0.15) is 0 Å². The molecule has 1 aliphatic carbocycles. The summed E-state index contributed by atoms with van der Waals surface area (Å²) in [7, 11) is 0. The lowest BCUT2D eigenvalue weighted by atomic mass is 10.2. The molecule has 1 saturated carbocycles. The number of aromatic nitrogens is 1. The quantitative estimate of drug-likeness (QED) is 0.755. The molecule has 1 fully saturated rings. The van der Waals surface area contributed by atoms with Gasteiger partial charge in [-0.15, -0.1) is 0 Å². The van der Waals surface area contributed by atoms with E-state index in [0.29, 0.717) is 11.7 Å². The van der Waals surface area contributed by atoms with E-state index in [1.165, 1.54) is 25.3 Å². The minimum absolute atomic E-state index is 0.180. The summed E-state index contributed by atoms with van der Waals surface area (Å²) in [6.07, 6.45) is 7.44. The summed E-state index contributed by atoms with van der Waals surface area (Å²) in [6, 6.07) is 0.148. The zero-order valence-corrected chi connectivity index (χ0v) is 7.82. The maximum absolute atomic E-state index is 11.4. The zero-order chi connectivity index (χ0) is 9.80. The third-order valence-electron chi connectivity index (χ3n) is 2.38. The summed E-state index contributed by atoms with van der Waals surface area (Å²) in [6.45, 7) is 0. The molecule has 2 amide bonds. The topological polar surface area (TPSA) is 67.2 Å². The minimum atomic E-state index is -0.180. The number of nitrogens with zero attached hydrogens (tertiary/aromatic N) is 1. The molecule has 2 N–H and O–H groups in total. The Morgan fingerprint density at radius 1 is 1.50 bits per heavy atom. The molecule has 76 valence electrons. The van der Waals surface area contributed by atoms with E-state index in [2.05, 4.69) is 20.3 Å². The van der Waals surface area contributed by atoms with Crippen molar-refractivity contribution in [3.63, 3.8) is 0 Å². The van der Waals surface area contributed by atoms with Crippen molar-refractivity contribution < 1.29 is 9.32 Å². The number of rotatable bonds is 2. The van der Waals surface area contributed by atoms with Crippen LogP contribution in [0.15, 0.2) is 17.0 Å². The van der Waals surface area contributed by atoms with Gasteiger partial charge in [0, 0.05) is 6.04 Å². The standard InChI is InChI=1S/C9H13N3O2/c13-9(11-7-3-1-2-4-7)12-8-5-10-14-6-8/h5-7H,1-4H2,(H2,11,12,13). The van der Waals surface area contributed by atoms with Gasteiger partial charge in [0.25, 0.3) is 0 Å². The molecular formula is C9H13N3O2. The summed E-state index contributed by atoms with van der Waals surface area (Å²) >= 11 is 0. The first-order valence-electron chi connectivity index (χ1n) is 4.81. The highest BCUT2D eigenvalue weighted by atomic mass is 16.5. The Hall–Kier alpha value is -1.52. The Balaban J connectivity index is 1.78. The van der Waals surface area contributed by atoms with E-state index < -0.39 is 0 Å². The van der Waals surface area contributed by atoms with Crippen molar-refractivity contribution in [2.24, 2.45) is 0 Å². The van der Waals surface area contributed by atoms with E-state index >= 15 is 0 Å². The molecule has 1 aromatic rings. The second-order valence-electron chi connectivity index (χ2n) is 3.49. The van der Waals surface area contributed by atoms with E-state index in [9.17, 15) is 4.79 Å². The van der Waals surface area contributed by atoms with Gasteiger partial charge in [-0.05, 0) is 12.8 Å². The summed E-state index contributed by atoms with van der Waals surface area (Å²) in [4.78, 5) is 11.4. The summed E-state index contributed by atoms with van der Waals surface area (Å²) in [5.74, 6) is 0. The fourth-order valence-corrected chi connectivity index (χ4v) is 1.69. The average molecular weight is 195 g/mol. The number of carbonyl (C=O) groups excluding carboxylic acids is 1. The number of amides is 2. The van der Waals surface area contributed by atoms with Crippen molar-refractivity contribution in [2.75, 3.05) is 5.32 Å². The van der Waals surface area contributed by atoms with Gasteiger partial charge in [0.2, 0.25) is 0 Å². The van der Waals surface area contributed by atoms with Gasteiger partial charge in [0.1, 0.15) is 12.0 Å². The molecular weight excluding hydrogens is 182 g/mol. The van der Waals surface area contributed by atoms with Gasteiger partial charge in [-0.1, -0.05) is 18.0 Å². The van der Waals surface area contributed by atoms with Crippen molar-refractivity contribution in [3.05, 3.63) is 12.5 Å². The largest absolute Gasteiger partial charge is 0.363 e. The first-order chi connectivity index (χ1) is 6.84. The molecule has 0 saturated heterocycles.